The van der Waals surface area contributed by atoms with Crippen molar-refractivity contribution in [2.75, 3.05) is 0 Å². The molecule has 2 fully saturated rings. The normalized spacial score (nSPS) is 25.3. The molecule has 1 aromatic heterocycles. The molecule has 2 bridgehead atoms. The van der Waals surface area contributed by atoms with Crippen LogP contribution in [-0.4, -0.2) is 44.8 Å². The molecule has 1 aromatic rings. The van der Waals surface area contributed by atoms with E-state index in [0.717, 1.165) is 37.8 Å². The highest BCUT2D eigenvalue weighted by atomic mass is 16.2. The average molecular weight is 344 g/mol. The van der Waals surface area contributed by atoms with E-state index in [1.165, 1.54) is 6.20 Å². The van der Waals surface area contributed by atoms with E-state index in [-0.39, 0.29) is 29.9 Å². The van der Waals surface area contributed by atoms with Crippen LogP contribution in [0.25, 0.3) is 0 Å². The lowest BCUT2D eigenvalue weighted by molar-refractivity contribution is -0.136. The Labute approximate surface area is 149 Å². The van der Waals surface area contributed by atoms with Crippen LogP contribution < -0.4 is 5.32 Å². The van der Waals surface area contributed by atoms with Crippen molar-refractivity contribution in [1.82, 2.24) is 20.2 Å². The minimum Gasteiger partial charge on any atom is -0.348 e. The lowest BCUT2D eigenvalue weighted by atomic mass is 9.96. The predicted molar refractivity (Wildman–Crippen MR) is 95.0 cm³/mol. The van der Waals surface area contributed by atoms with Gasteiger partial charge in [0.2, 0.25) is 5.91 Å². The number of fused-ring (bicyclic) bond motifs is 2. The second-order valence-electron chi connectivity index (χ2n) is 7.80. The molecule has 2 aliphatic heterocycles. The number of aryl methyl sites for hydroxylation is 1. The molecule has 2 unspecified atom stereocenters. The van der Waals surface area contributed by atoms with Gasteiger partial charge in [-0.3, -0.25) is 14.6 Å². The summed E-state index contributed by atoms with van der Waals surface area (Å²) < 4.78 is 0. The number of carbonyl (C=O) groups is 2. The number of nitrogens with one attached hydrogen (secondary N) is 1. The highest BCUT2D eigenvalue weighted by Crippen LogP contribution is 2.36. The molecule has 2 aliphatic rings. The molecule has 2 saturated heterocycles. The zero-order chi connectivity index (χ0) is 18.0. The van der Waals surface area contributed by atoms with Crippen molar-refractivity contribution in [3.8, 4) is 0 Å². The first-order valence-electron chi connectivity index (χ1n) is 9.34. The van der Waals surface area contributed by atoms with Gasteiger partial charge < -0.3 is 10.2 Å². The SMILES string of the molecule is Cc1cnc(C(=O)NC2CC3CCC(C2)N3C(=O)CCC(C)C)cn1. The molecule has 136 valence electrons. The van der Waals surface area contributed by atoms with Crippen LogP contribution in [0.5, 0.6) is 0 Å². The van der Waals surface area contributed by atoms with Gasteiger partial charge in [0, 0.05) is 30.7 Å². The Morgan fingerprint density at radius 3 is 2.44 bits per heavy atom. The maximum absolute atomic E-state index is 12.6. The van der Waals surface area contributed by atoms with E-state index in [1.54, 1.807) is 6.20 Å². The Balaban J connectivity index is 1.57. The third-order valence-corrected chi connectivity index (χ3v) is 5.31. The summed E-state index contributed by atoms with van der Waals surface area (Å²) in [5.74, 6) is 0.668. The molecular formula is C19H28N4O2. The molecule has 0 spiro atoms. The van der Waals surface area contributed by atoms with Crippen LogP contribution in [0.4, 0.5) is 0 Å². The standard InChI is InChI=1S/C19H28N4O2/c1-12(2)4-7-18(24)23-15-5-6-16(23)9-14(8-15)22-19(25)17-11-20-13(3)10-21-17/h10-12,14-16H,4-9H2,1-3H3,(H,22,25). The molecule has 6 heteroatoms. The number of hydrogen-bond acceptors (Lipinski definition) is 4. The number of aromatic nitrogens is 2. The van der Waals surface area contributed by atoms with Crippen LogP contribution in [0.3, 0.4) is 0 Å². The monoisotopic (exact) mass is 344 g/mol. The Bertz CT molecular complexity index is 615. The number of hydrogen-bond donors (Lipinski definition) is 1. The molecule has 0 aromatic carbocycles. The summed E-state index contributed by atoms with van der Waals surface area (Å²) in [6.45, 7) is 6.15. The van der Waals surface area contributed by atoms with Crippen LogP contribution in [0.15, 0.2) is 12.4 Å². The molecule has 3 rings (SSSR count). The van der Waals surface area contributed by atoms with Crippen LogP contribution >= 0.6 is 0 Å². The van der Waals surface area contributed by atoms with Crippen molar-refractivity contribution in [1.29, 1.82) is 0 Å². The first-order valence-corrected chi connectivity index (χ1v) is 9.34. The third-order valence-electron chi connectivity index (χ3n) is 5.31. The average Bonchev–Trinajstić information content (AvgIpc) is 2.84. The van der Waals surface area contributed by atoms with Crippen molar-refractivity contribution in [3.05, 3.63) is 23.8 Å². The van der Waals surface area contributed by atoms with Gasteiger partial charge in [-0.15, -0.1) is 0 Å². The summed E-state index contributed by atoms with van der Waals surface area (Å²) in [4.78, 5) is 35.3. The number of piperidine rings is 1. The molecule has 0 aliphatic carbocycles. The van der Waals surface area contributed by atoms with E-state index in [1.807, 2.05) is 6.92 Å². The zero-order valence-corrected chi connectivity index (χ0v) is 15.4. The number of carbonyl (C=O) groups excluding carboxylic acids is 2. The van der Waals surface area contributed by atoms with Crippen molar-refractivity contribution in [2.45, 2.75) is 77.4 Å². The smallest absolute Gasteiger partial charge is 0.271 e. The van der Waals surface area contributed by atoms with Gasteiger partial charge in [0.25, 0.3) is 5.91 Å². The highest BCUT2D eigenvalue weighted by molar-refractivity contribution is 5.92. The summed E-state index contributed by atoms with van der Waals surface area (Å²) in [6.07, 6.45) is 8.49. The largest absolute Gasteiger partial charge is 0.348 e. The fraction of sp³-hybridized carbons (Fsp3) is 0.684. The first-order chi connectivity index (χ1) is 11.9. The number of rotatable bonds is 5. The lowest BCUT2D eigenvalue weighted by Gasteiger charge is -2.39. The Morgan fingerprint density at radius 1 is 1.20 bits per heavy atom. The van der Waals surface area contributed by atoms with E-state index < -0.39 is 0 Å². The fourth-order valence-electron chi connectivity index (χ4n) is 4.01. The fourth-order valence-corrected chi connectivity index (χ4v) is 4.01. The van der Waals surface area contributed by atoms with Crippen LogP contribution in [-0.2, 0) is 4.79 Å². The molecular weight excluding hydrogens is 316 g/mol. The first kappa shape index (κ1) is 17.8. The molecule has 6 nitrogen and oxygen atoms in total. The Morgan fingerprint density at radius 2 is 1.88 bits per heavy atom. The summed E-state index contributed by atoms with van der Waals surface area (Å²) in [7, 11) is 0. The van der Waals surface area contributed by atoms with Crippen LogP contribution in [0.1, 0.15) is 68.6 Å². The lowest BCUT2D eigenvalue weighted by Crippen LogP contribution is -2.52. The van der Waals surface area contributed by atoms with Crippen molar-refractivity contribution in [3.63, 3.8) is 0 Å². The van der Waals surface area contributed by atoms with Crippen LogP contribution in [0.2, 0.25) is 0 Å². The third kappa shape index (κ3) is 4.17. The minimum absolute atomic E-state index is 0.113. The second-order valence-corrected chi connectivity index (χ2v) is 7.80. The van der Waals surface area contributed by atoms with E-state index in [9.17, 15) is 9.59 Å². The predicted octanol–water partition coefficient (Wildman–Crippen LogP) is 2.47. The minimum atomic E-state index is -0.170. The van der Waals surface area contributed by atoms with Gasteiger partial charge in [-0.2, -0.15) is 0 Å². The summed E-state index contributed by atoms with van der Waals surface area (Å²) >= 11 is 0. The zero-order valence-electron chi connectivity index (χ0n) is 15.4. The van der Waals surface area contributed by atoms with Gasteiger partial charge in [-0.05, 0) is 44.9 Å². The van der Waals surface area contributed by atoms with Gasteiger partial charge in [0.1, 0.15) is 5.69 Å². The molecule has 2 amide bonds. The number of amides is 2. The van der Waals surface area contributed by atoms with Gasteiger partial charge >= 0.3 is 0 Å². The maximum Gasteiger partial charge on any atom is 0.271 e. The van der Waals surface area contributed by atoms with Gasteiger partial charge in [0.05, 0.1) is 11.9 Å². The molecule has 1 N–H and O–H groups in total. The van der Waals surface area contributed by atoms with E-state index in [0.29, 0.717) is 18.0 Å². The molecule has 25 heavy (non-hydrogen) atoms. The summed E-state index contributed by atoms with van der Waals surface area (Å²) in [6, 6.07) is 0.655. The van der Waals surface area contributed by atoms with Crippen molar-refractivity contribution < 1.29 is 9.59 Å². The van der Waals surface area contributed by atoms with Crippen molar-refractivity contribution in [2.24, 2.45) is 5.92 Å². The molecule has 3 heterocycles. The Hall–Kier alpha value is -1.98. The quantitative estimate of drug-likeness (QED) is 0.890. The van der Waals surface area contributed by atoms with E-state index in [2.05, 4.69) is 34.0 Å². The summed E-state index contributed by atoms with van der Waals surface area (Å²) in [5.41, 5.74) is 1.15. The second kappa shape index (κ2) is 7.50. The number of nitrogens with zero attached hydrogens (tertiary/aromatic N) is 3. The highest BCUT2D eigenvalue weighted by Gasteiger charge is 2.43. The van der Waals surface area contributed by atoms with E-state index in [4.69, 9.17) is 0 Å². The molecule has 0 radical (unpaired) electrons. The van der Waals surface area contributed by atoms with Gasteiger partial charge in [0.15, 0.2) is 0 Å². The van der Waals surface area contributed by atoms with Crippen molar-refractivity contribution >= 4 is 11.8 Å². The maximum atomic E-state index is 12.6. The topological polar surface area (TPSA) is 75.2 Å². The van der Waals surface area contributed by atoms with Crippen LogP contribution in [0, 0.1) is 12.8 Å². The molecule has 2 atom stereocenters. The van der Waals surface area contributed by atoms with Gasteiger partial charge in [-0.25, -0.2) is 4.98 Å². The van der Waals surface area contributed by atoms with Gasteiger partial charge in [-0.1, -0.05) is 13.8 Å². The van der Waals surface area contributed by atoms with E-state index >= 15 is 0 Å². The summed E-state index contributed by atoms with van der Waals surface area (Å²) in [5, 5.41) is 3.09. The molecule has 0 saturated carbocycles. The Kier molecular flexibility index (Phi) is 5.35.